The van der Waals surface area contributed by atoms with Crippen LogP contribution in [0, 0.1) is 6.92 Å². The van der Waals surface area contributed by atoms with Gasteiger partial charge in [-0.2, -0.15) is 13.2 Å². The van der Waals surface area contributed by atoms with Gasteiger partial charge in [-0.25, -0.2) is 8.42 Å². The SMILES string of the molecule is Cc1c(C(=O)Nc2ccc(S(C)(=O)=O)cc2)cn(C)c1-c1ccc(C(F)(F)F)cc1. The molecule has 0 atom stereocenters. The van der Waals surface area contributed by atoms with Crippen molar-refractivity contribution in [2.45, 2.75) is 18.0 Å². The second-order valence-corrected chi connectivity index (χ2v) is 8.97. The summed E-state index contributed by atoms with van der Waals surface area (Å²) in [5.74, 6) is -0.409. The first-order valence-electron chi connectivity index (χ1n) is 8.83. The number of carbonyl (C=O) groups is 1. The number of amides is 1. The van der Waals surface area contributed by atoms with E-state index in [1.807, 2.05) is 0 Å². The summed E-state index contributed by atoms with van der Waals surface area (Å²) < 4.78 is 63.1. The standard InChI is InChI=1S/C21H19F3N2O3S/c1-13-18(20(27)25-16-8-10-17(11-9-16)30(3,28)29)12-26(2)19(13)14-4-6-15(7-5-14)21(22,23)24/h4-12H,1-3H3,(H,25,27). The van der Waals surface area contributed by atoms with Gasteiger partial charge in [0.2, 0.25) is 0 Å². The summed E-state index contributed by atoms with van der Waals surface area (Å²) in [7, 11) is -1.63. The van der Waals surface area contributed by atoms with Crippen LogP contribution in [0.4, 0.5) is 18.9 Å². The van der Waals surface area contributed by atoms with E-state index >= 15 is 0 Å². The van der Waals surface area contributed by atoms with Crippen LogP contribution >= 0.6 is 0 Å². The first-order chi connectivity index (χ1) is 13.9. The van der Waals surface area contributed by atoms with Crippen LogP contribution in [0.1, 0.15) is 21.5 Å². The Balaban J connectivity index is 1.87. The molecule has 0 aliphatic carbocycles. The summed E-state index contributed by atoms with van der Waals surface area (Å²) in [4.78, 5) is 12.8. The molecule has 1 N–H and O–H groups in total. The first-order valence-corrected chi connectivity index (χ1v) is 10.7. The molecule has 0 radical (unpaired) electrons. The molecule has 5 nitrogen and oxygen atoms in total. The third-order valence-corrected chi connectivity index (χ3v) is 5.83. The highest BCUT2D eigenvalue weighted by Crippen LogP contribution is 2.33. The zero-order valence-corrected chi connectivity index (χ0v) is 17.2. The topological polar surface area (TPSA) is 68.2 Å². The lowest BCUT2D eigenvalue weighted by atomic mass is 10.0. The van der Waals surface area contributed by atoms with Gasteiger partial charge >= 0.3 is 6.18 Å². The summed E-state index contributed by atoms with van der Waals surface area (Å²) in [6.45, 7) is 1.72. The van der Waals surface area contributed by atoms with Gasteiger partial charge in [-0.15, -0.1) is 0 Å². The van der Waals surface area contributed by atoms with Crippen molar-refractivity contribution in [3.63, 3.8) is 0 Å². The average Bonchev–Trinajstić information content (AvgIpc) is 2.95. The van der Waals surface area contributed by atoms with Gasteiger partial charge in [-0.1, -0.05) is 12.1 Å². The molecule has 1 amide bonds. The molecule has 0 fully saturated rings. The number of sulfone groups is 1. The fraction of sp³-hybridized carbons (Fsp3) is 0.190. The number of carbonyl (C=O) groups excluding carboxylic acids is 1. The number of benzene rings is 2. The minimum Gasteiger partial charge on any atom is -0.350 e. The van der Waals surface area contributed by atoms with E-state index in [0.29, 0.717) is 28.1 Å². The minimum absolute atomic E-state index is 0.140. The van der Waals surface area contributed by atoms with Crippen LogP contribution in [0.5, 0.6) is 0 Å². The smallest absolute Gasteiger partial charge is 0.350 e. The van der Waals surface area contributed by atoms with Crippen LogP contribution in [0.25, 0.3) is 11.3 Å². The van der Waals surface area contributed by atoms with Crippen LogP contribution in [0.2, 0.25) is 0 Å². The molecule has 0 aliphatic heterocycles. The highest BCUT2D eigenvalue weighted by Gasteiger charge is 2.30. The van der Waals surface area contributed by atoms with Gasteiger partial charge in [0.25, 0.3) is 5.91 Å². The molecule has 0 saturated heterocycles. The minimum atomic E-state index is -4.42. The number of alkyl halides is 3. The molecule has 0 unspecified atom stereocenters. The number of nitrogens with one attached hydrogen (secondary N) is 1. The van der Waals surface area contributed by atoms with Crippen LogP contribution in [0.15, 0.2) is 59.6 Å². The van der Waals surface area contributed by atoms with Crippen molar-refractivity contribution in [1.29, 1.82) is 0 Å². The Morgan fingerprint density at radius 2 is 1.57 bits per heavy atom. The molecule has 2 aromatic carbocycles. The largest absolute Gasteiger partial charge is 0.416 e. The van der Waals surface area contributed by atoms with E-state index in [1.165, 1.54) is 36.4 Å². The molecule has 3 rings (SSSR count). The number of aryl methyl sites for hydroxylation is 1. The molecular formula is C21H19F3N2O3S. The number of anilines is 1. The number of hydrogen-bond acceptors (Lipinski definition) is 3. The molecule has 9 heteroatoms. The fourth-order valence-electron chi connectivity index (χ4n) is 3.20. The number of aromatic nitrogens is 1. The molecule has 30 heavy (non-hydrogen) atoms. The van der Waals surface area contributed by atoms with E-state index in [9.17, 15) is 26.4 Å². The van der Waals surface area contributed by atoms with E-state index < -0.39 is 27.5 Å². The second-order valence-electron chi connectivity index (χ2n) is 6.95. The average molecular weight is 436 g/mol. The van der Waals surface area contributed by atoms with E-state index in [2.05, 4.69) is 5.32 Å². The number of halogens is 3. The van der Waals surface area contributed by atoms with Crippen LogP contribution in [0.3, 0.4) is 0 Å². The predicted molar refractivity (Wildman–Crippen MR) is 108 cm³/mol. The van der Waals surface area contributed by atoms with Gasteiger partial charge < -0.3 is 9.88 Å². The highest BCUT2D eigenvalue weighted by atomic mass is 32.2. The third kappa shape index (κ3) is 4.40. The Labute approximate surface area is 172 Å². The van der Waals surface area contributed by atoms with Crippen molar-refractivity contribution in [2.75, 3.05) is 11.6 Å². The number of nitrogens with zero attached hydrogens (tertiary/aromatic N) is 1. The molecule has 0 bridgehead atoms. The Morgan fingerprint density at radius 3 is 2.07 bits per heavy atom. The third-order valence-electron chi connectivity index (χ3n) is 4.71. The van der Waals surface area contributed by atoms with E-state index in [0.717, 1.165) is 18.4 Å². The van der Waals surface area contributed by atoms with E-state index in [-0.39, 0.29) is 4.90 Å². The zero-order chi connectivity index (χ0) is 22.3. The molecule has 3 aromatic rings. The van der Waals surface area contributed by atoms with Gasteiger partial charge in [0.15, 0.2) is 9.84 Å². The quantitative estimate of drug-likeness (QED) is 0.646. The fourth-order valence-corrected chi connectivity index (χ4v) is 3.83. The van der Waals surface area contributed by atoms with Crippen molar-refractivity contribution in [2.24, 2.45) is 7.05 Å². The summed E-state index contributed by atoms with van der Waals surface area (Å²) >= 11 is 0. The molecule has 0 saturated carbocycles. The maximum absolute atomic E-state index is 12.8. The molecule has 1 heterocycles. The van der Waals surface area contributed by atoms with Crippen molar-refractivity contribution < 1.29 is 26.4 Å². The molecule has 0 aliphatic rings. The molecule has 0 spiro atoms. The Bertz CT molecular complexity index is 1190. The van der Waals surface area contributed by atoms with Gasteiger partial charge in [0.1, 0.15) is 0 Å². The summed E-state index contributed by atoms with van der Waals surface area (Å²) in [6, 6.07) is 10.5. The van der Waals surface area contributed by atoms with E-state index in [1.54, 1.807) is 24.7 Å². The number of hydrogen-bond donors (Lipinski definition) is 1. The van der Waals surface area contributed by atoms with E-state index in [4.69, 9.17) is 0 Å². The summed E-state index contributed by atoms with van der Waals surface area (Å²) in [6.07, 6.45) is -1.72. The van der Waals surface area contributed by atoms with Crippen molar-refractivity contribution >= 4 is 21.4 Å². The Kier molecular flexibility index (Phi) is 5.51. The maximum atomic E-state index is 12.8. The monoisotopic (exact) mass is 436 g/mol. The maximum Gasteiger partial charge on any atom is 0.416 e. The Hall–Kier alpha value is -3.07. The van der Waals surface area contributed by atoms with Crippen molar-refractivity contribution in [1.82, 2.24) is 4.57 Å². The van der Waals surface area contributed by atoms with Gasteiger partial charge in [-0.05, 0) is 54.4 Å². The van der Waals surface area contributed by atoms with Crippen molar-refractivity contribution in [3.8, 4) is 11.3 Å². The van der Waals surface area contributed by atoms with Gasteiger partial charge in [0.05, 0.1) is 21.7 Å². The van der Waals surface area contributed by atoms with Crippen molar-refractivity contribution in [3.05, 3.63) is 71.4 Å². The lowest BCUT2D eigenvalue weighted by molar-refractivity contribution is -0.137. The second kappa shape index (κ2) is 7.64. The normalized spacial score (nSPS) is 12.1. The Morgan fingerprint density at radius 1 is 1.00 bits per heavy atom. The van der Waals surface area contributed by atoms with Crippen LogP contribution in [-0.4, -0.2) is 25.1 Å². The lowest BCUT2D eigenvalue weighted by Crippen LogP contribution is -2.12. The summed E-state index contributed by atoms with van der Waals surface area (Å²) in [5.41, 5.74) is 1.84. The first kappa shape index (κ1) is 21.6. The molecule has 1 aromatic heterocycles. The van der Waals surface area contributed by atoms with Crippen LogP contribution in [-0.2, 0) is 23.1 Å². The molecule has 158 valence electrons. The highest BCUT2D eigenvalue weighted by molar-refractivity contribution is 7.90. The number of rotatable bonds is 4. The molecular weight excluding hydrogens is 417 g/mol. The van der Waals surface area contributed by atoms with Gasteiger partial charge in [-0.3, -0.25) is 4.79 Å². The van der Waals surface area contributed by atoms with Gasteiger partial charge in [0, 0.05) is 25.2 Å². The summed E-state index contributed by atoms with van der Waals surface area (Å²) in [5, 5.41) is 2.70. The van der Waals surface area contributed by atoms with Crippen LogP contribution < -0.4 is 5.32 Å². The predicted octanol–water partition coefficient (Wildman–Crippen LogP) is 4.68. The zero-order valence-electron chi connectivity index (χ0n) is 16.4. The lowest BCUT2D eigenvalue weighted by Gasteiger charge is -2.09.